The second-order valence-electron chi connectivity index (χ2n) is 5.85. The molecular weight excluding hydrogens is 340 g/mol. The van der Waals surface area contributed by atoms with Crippen LogP contribution in [0.25, 0.3) is 0 Å². The SMILES string of the molecule is COc1cccc2c1C(=O)c1c(cc(CC(=O)O)c(C(C)=O)c1O)C2=O. The van der Waals surface area contributed by atoms with Gasteiger partial charge in [-0.1, -0.05) is 12.1 Å². The van der Waals surface area contributed by atoms with Crippen molar-refractivity contribution >= 4 is 23.3 Å². The number of Topliss-reactive ketones (excluding diaryl/α,β-unsaturated/α-hetero) is 1. The first-order chi connectivity index (χ1) is 12.3. The maximum Gasteiger partial charge on any atom is 0.307 e. The average molecular weight is 354 g/mol. The number of hydrogen-bond acceptors (Lipinski definition) is 6. The van der Waals surface area contributed by atoms with Crippen LogP contribution in [0.5, 0.6) is 11.5 Å². The van der Waals surface area contributed by atoms with Gasteiger partial charge < -0.3 is 14.9 Å². The molecule has 132 valence electrons. The van der Waals surface area contributed by atoms with Gasteiger partial charge in [-0.3, -0.25) is 19.2 Å². The highest BCUT2D eigenvalue weighted by molar-refractivity contribution is 6.31. The maximum absolute atomic E-state index is 12.9. The summed E-state index contributed by atoms with van der Waals surface area (Å²) in [6.07, 6.45) is -0.567. The third-order valence-electron chi connectivity index (χ3n) is 4.27. The van der Waals surface area contributed by atoms with E-state index in [0.29, 0.717) is 0 Å². The van der Waals surface area contributed by atoms with Crippen LogP contribution in [0.3, 0.4) is 0 Å². The number of benzene rings is 2. The van der Waals surface area contributed by atoms with Gasteiger partial charge in [-0.25, -0.2) is 0 Å². The van der Waals surface area contributed by atoms with Crippen molar-refractivity contribution in [1.29, 1.82) is 0 Å². The molecule has 0 unspecified atom stereocenters. The van der Waals surface area contributed by atoms with E-state index in [9.17, 15) is 24.3 Å². The number of aliphatic carboxylic acids is 1. The summed E-state index contributed by atoms with van der Waals surface area (Å²) < 4.78 is 5.14. The quantitative estimate of drug-likeness (QED) is 0.688. The Morgan fingerprint density at radius 1 is 1.08 bits per heavy atom. The number of hydrogen-bond donors (Lipinski definition) is 2. The van der Waals surface area contributed by atoms with Gasteiger partial charge in [0.2, 0.25) is 5.78 Å². The van der Waals surface area contributed by atoms with Crippen LogP contribution in [0, 0.1) is 0 Å². The van der Waals surface area contributed by atoms with E-state index >= 15 is 0 Å². The van der Waals surface area contributed by atoms with E-state index in [1.54, 1.807) is 6.07 Å². The largest absolute Gasteiger partial charge is 0.506 e. The topological polar surface area (TPSA) is 118 Å². The molecule has 2 aromatic rings. The van der Waals surface area contributed by atoms with Gasteiger partial charge >= 0.3 is 5.97 Å². The second-order valence-corrected chi connectivity index (χ2v) is 5.85. The Labute approximate surface area is 147 Å². The number of carboxylic acid groups (broad SMARTS) is 1. The van der Waals surface area contributed by atoms with E-state index in [1.807, 2.05) is 0 Å². The number of fused-ring (bicyclic) bond motifs is 2. The molecule has 0 atom stereocenters. The number of rotatable bonds is 4. The fraction of sp³-hybridized carbons (Fsp3) is 0.158. The highest BCUT2D eigenvalue weighted by Crippen LogP contribution is 2.40. The van der Waals surface area contributed by atoms with Gasteiger partial charge in [0.05, 0.1) is 30.2 Å². The minimum atomic E-state index is -1.23. The smallest absolute Gasteiger partial charge is 0.307 e. The number of methoxy groups -OCH3 is 1. The summed E-state index contributed by atoms with van der Waals surface area (Å²) in [4.78, 5) is 48.8. The zero-order valence-electron chi connectivity index (χ0n) is 14.0. The molecule has 0 radical (unpaired) electrons. The van der Waals surface area contributed by atoms with Gasteiger partial charge in [0.15, 0.2) is 11.6 Å². The Hall–Kier alpha value is -3.48. The fourth-order valence-corrected chi connectivity index (χ4v) is 3.22. The standard InChI is InChI=1S/C19H14O7/c1-8(20)14-9(7-13(21)22)6-11-16(18(14)24)19(25)15-10(17(11)23)4-3-5-12(15)26-2/h3-6,24H,7H2,1-2H3,(H,21,22). The van der Waals surface area contributed by atoms with Gasteiger partial charge in [-0.2, -0.15) is 0 Å². The molecule has 2 aromatic carbocycles. The van der Waals surface area contributed by atoms with Crippen LogP contribution in [-0.4, -0.2) is 40.6 Å². The predicted octanol–water partition coefficient (Wildman–Crippen LogP) is 2.01. The summed E-state index contributed by atoms with van der Waals surface area (Å²) in [7, 11) is 1.35. The average Bonchev–Trinajstić information content (AvgIpc) is 2.57. The molecule has 0 bridgehead atoms. The lowest BCUT2D eigenvalue weighted by atomic mass is 9.80. The molecule has 26 heavy (non-hydrogen) atoms. The van der Waals surface area contributed by atoms with Crippen LogP contribution < -0.4 is 4.74 Å². The summed E-state index contributed by atoms with van der Waals surface area (Å²) in [5.74, 6) is -3.55. The van der Waals surface area contributed by atoms with Crippen molar-refractivity contribution in [3.05, 3.63) is 57.6 Å². The lowest BCUT2D eigenvalue weighted by molar-refractivity contribution is -0.136. The molecule has 3 rings (SSSR count). The third kappa shape index (κ3) is 2.45. The molecular formula is C19H14O7. The van der Waals surface area contributed by atoms with Crippen molar-refractivity contribution in [3.63, 3.8) is 0 Å². The minimum absolute atomic E-state index is 0.00304. The monoisotopic (exact) mass is 354 g/mol. The Morgan fingerprint density at radius 3 is 2.35 bits per heavy atom. The zero-order valence-corrected chi connectivity index (χ0v) is 14.0. The number of carbonyl (C=O) groups excluding carboxylic acids is 3. The van der Waals surface area contributed by atoms with Crippen LogP contribution in [0.1, 0.15) is 54.7 Å². The molecule has 7 nitrogen and oxygen atoms in total. The molecule has 0 aliphatic heterocycles. The molecule has 0 aromatic heterocycles. The van der Waals surface area contributed by atoms with Crippen molar-refractivity contribution in [2.24, 2.45) is 0 Å². The number of ketones is 3. The van der Waals surface area contributed by atoms with Gasteiger partial charge in [0, 0.05) is 11.1 Å². The molecule has 0 heterocycles. The molecule has 0 saturated carbocycles. The van der Waals surface area contributed by atoms with Gasteiger partial charge in [-0.15, -0.1) is 0 Å². The first-order valence-corrected chi connectivity index (χ1v) is 7.65. The second kappa shape index (κ2) is 6.11. The summed E-state index contributed by atoms with van der Waals surface area (Å²) >= 11 is 0. The fourth-order valence-electron chi connectivity index (χ4n) is 3.22. The van der Waals surface area contributed by atoms with Crippen LogP contribution in [0.2, 0.25) is 0 Å². The van der Waals surface area contributed by atoms with Crippen molar-refractivity contribution in [3.8, 4) is 11.5 Å². The first kappa shape index (κ1) is 17.3. The van der Waals surface area contributed by atoms with Crippen LogP contribution in [0.15, 0.2) is 24.3 Å². The minimum Gasteiger partial charge on any atom is -0.506 e. The van der Waals surface area contributed by atoms with Crippen LogP contribution in [0.4, 0.5) is 0 Å². The molecule has 2 N–H and O–H groups in total. The molecule has 0 spiro atoms. The van der Waals surface area contributed by atoms with E-state index in [-0.39, 0.29) is 39.1 Å². The van der Waals surface area contributed by atoms with Crippen molar-refractivity contribution in [2.75, 3.05) is 7.11 Å². The molecule has 0 amide bonds. The van der Waals surface area contributed by atoms with Gasteiger partial charge in [-0.05, 0) is 24.6 Å². The van der Waals surface area contributed by atoms with Gasteiger partial charge in [0.1, 0.15) is 11.5 Å². The van der Waals surface area contributed by atoms with Crippen LogP contribution in [-0.2, 0) is 11.2 Å². The Morgan fingerprint density at radius 2 is 1.77 bits per heavy atom. The van der Waals surface area contributed by atoms with E-state index in [0.717, 1.165) is 6.92 Å². The van der Waals surface area contributed by atoms with Crippen LogP contribution >= 0.6 is 0 Å². The molecule has 7 heteroatoms. The first-order valence-electron chi connectivity index (χ1n) is 7.65. The van der Waals surface area contributed by atoms with E-state index < -0.39 is 35.5 Å². The number of carbonyl (C=O) groups is 4. The number of ether oxygens (including phenoxy) is 1. The molecule has 0 fully saturated rings. The maximum atomic E-state index is 12.9. The number of carboxylic acids is 1. The molecule has 1 aliphatic rings. The summed E-state index contributed by atoms with van der Waals surface area (Å²) in [5.41, 5.74) is -0.637. The molecule has 0 saturated heterocycles. The predicted molar refractivity (Wildman–Crippen MR) is 89.3 cm³/mol. The van der Waals surface area contributed by atoms with Crippen molar-refractivity contribution in [2.45, 2.75) is 13.3 Å². The highest BCUT2D eigenvalue weighted by atomic mass is 16.5. The van der Waals surface area contributed by atoms with Crippen molar-refractivity contribution in [1.82, 2.24) is 0 Å². The van der Waals surface area contributed by atoms with Gasteiger partial charge in [0.25, 0.3) is 0 Å². The number of aromatic hydroxyl groups is 1. The lowest BCUT2D eigenvalue weighted by Crippen LogP contribution is -2.24. The number of phenolic OH excluding ortho intramolecular Hbond substituents is 1. The zero-order chi connectivity index (χ0) is 19.2. The summed E-state index contributed by atoms with van der Waals surface area (Å²) in [6, 6.07) is 5.71. The molecule has 1 aliphatic carbocycles. The Bertz CT molecular complexity index is 1000. The summed E-state index contributed by atoms with van der Waals surface area (Å²) in [5, 5.41) is 19.6. The van der Waals surface area contributed by atoms with E-state index in [2.05, 4.69) is 0 Å². The Balaban J connectivity index is 2.36. The highest BCUT2D eigenvalue weighted by Gasteiger charge is 2.37. The summed E-state index contributed by atoms with van der Waals surface area (Å²) in [6.45, 7) is 1.15. The third-order valence-corrected chi connectivity index (χ3v) is 4.27. The Kier molecular flexibility index (Phi) is 4.07. The van der Waals surface area contributed by atoms with E-state index in [4.69, 9.17) is 9.84 Å². The van der Waals surface area contributed by atoms with E-state index in [1.165, 1.54) is 25.3 Å². The van der Waals surface area contributed by atoms with Crippen molar-refractivity contribution < 1.29 is 34.1 Å². The lowest BCUT2D eigenvalue weighted by Gasteiger charge is -2.22. The normalized spacial score (nSPS) is 12.4. The number of phenols is 1.